The fourth-order valence-corrected chi connectivity index (χ4v) is 8.91. The third-order valence-corrected chi connectivity index (χ3v) is 14.0. The summed E-state index contributed by atoms with van der Waals surface area (Å²) < 4.78 is 16.9. The van der Waals surface area contributed by atoms with Crippen LogP contribution in [-0.2, 0) is 28.6 Å². The molecular formula is C77H124O6. The van der Waals surface area contributed by atoms with Crippen LogP contribution in [0.15, 0.2) is 158 Å². The Morgan fingerprint density at radius 2 is 0.494 bits per heavy atom. The van der Waals surface area contributed by atoms with Crippen molar-refractivity contribution in [1.29, 1.82) is 0 Å². The van der Waals surface area contributed by atoms with Crippen LogP contribution in [0.5, 0.6) is 0 Å². The van der Waals surface area contributed by atoms with Crippen LogP contribution in [0.1, 0.15) is 290 Å². The first kappa shape index (κ1) is 78.0. The molecule has 6 heteroatoms. The normalized spacial score (nSPS) is 13.1. The van der Waals surface area contributed by atoms with Crippen LogP contribution >= 0.6 is 0 Å². The van der Waals surface area contributed by atoms with E-state index in [0.29, 0.717) is 25.7 Å². The van der Waals surface area contributed by atoms with Crippen molar-refractivity contribution in [2.75, 3.05) is 13.2 Å². The SMILES string of the molecule is CC/C=C\C/C=C\C/C=C\C/C=C\C/C=C\C/C=C\C/C=C\C/C=C\CCCCC(=O)OCC(COC(=O)CCCCCCC/C=C\C/C=C\CCC)OC(=O)CCCCCCCCCCCC/C=C\C/C=C\C/C=C\CCCCCCC. The zero-order valence-electron chi connectivity index (χ0n) is 53.7. The van der Waals surface area contributed by atoms with Crippen LogP contribution in [0.25, 0.3) is 0 Å². The maximum Gasteiger partial charge on any atom is 0.306 e. The van der Waals surface area contributed by atoms with Gasteiger partial charge in [-0.25, -0.2) is 0 Å². The van der Waals surface area contributed by atoms with Crippen molar-refractivity contribution in [1.82, 2.24) is 0 Å². The van der Waals surface area contributed by atoms with Crippen LogP contribution in [0.3, 0.4) is 0 Å². The summed E-state index contributed by atoms with van der Waals surface area (Å²) in [6.45, 7) is 6.40. The van der Waals surface area contributed by atoms with E-state index < -0.39 is 6.10 Å². The molecule has 0 radical (unpaired) electrons. The number of hydrogen-bond acceptors (Lipinski definition) is 6. The molecule has 0 aliphatic heterocycles. The van der Waals surface area contributed by atoms with E-state index in [4.69, 9.17) is 14.2 Å². The van der Waals surface area contributed by atoms with Crippen molar-refractivity contribution < 1.29 is 28.6 Å². The predicted molar refractivity (Wildman–Crippen MR) is 362 cm³/mol. The van der Waals surface area contributed by atoms with Crippen LogP contribution in [0, 0.1) is 0 Å². The molecule has 0 bridgehead atoms. The maximum absolute atomic E-state index is 12.9. The van der Waals surface area contributed by atoms with Gasteiger partial charge in [0.2, 0.25) is 0 Å². The van der Waals surface area contributed by atoms with E-state index in [9.17, 15) is 14.4 Å². The Balaban J connectivity index is 4.44. The highest BCUT2D eigenvalue weighted by Gasteiger charge is 2.19. The fraction of sp³-hybridized carbons (Fsp3) is 0.623. The first-order chi connectivity index (χ1) is 41.0. The van der Waals surface area contributed by atoms with Gasteiger partial charge in [0.15, 0.2) is 6.10 Å². The van der Waals surface area contributed by atoms with Crippen LogP contribution in [0.2, 0.25) is 0 Å². The monoisotopic (exact) mass is 1140 g/mol. The first-order valence-electron chi connectivity index (χ1n) is 34.0. The standard InChI is InChI=1S/C77H124O6/c1-4-7-10-13-16-19-22-25-27-29-31-33-35-37-38-40-41-43-45-47-49-52-55-58-61-64-67-70-76(79)82-73-74(72-81-75(78)69-66-63-60-57-54-51-24-21-18-15-12-9-6-3)83-77(80)71-68-65-62-59-56-53-50-48-46-44-42-39-36-34-32-30-28-26-23-20-17-14-11-8-5-2/h7,10,12,15-16,19,21,23-27,30-33,36-39,41,43,47,49,55,58,74H,4-6,8-9,11,13-14,17-18,20,22,28-29,34-35,40,42,44-46,48,50-54,56-57,59-73H2,1-3H3/b10-7-,15-12-,19-16-,24-21-,26-23-,27-25-,32-30-,33-31-,38-37-,39-36-,43-41-,49-47-,58-55-. The fourth-order valence-electron chi connectivity index (χ4n) is 8.91. The molecule has 0 saturated heterocycles. The molecule has 0 aromatic heterocycles. The number of unbranched alkanes of at least 4 members (excludes halogenated alkanes) is 23. The van der Waals surface area contributed by atoms with E-state index >= 15 is 0 Å². The number of carbonyl (C=O) groups excluding carboxylic acids is 3. The Morgan fingerprint density at radius 1 is 0.253 bits per heavy atom. The Hall–Kier alpha value is -4.97. The summed E-state index contributed by atoms with van der Waals surface area (Å²) >= 11 is 0. The molecule has 0 rings (SSSR count). The van der Waals surface area contributed by atoms with Gasteiger partial charge < -0.3 is 14.2 Å². The molecule has 6 nitrogen and oxygen atoms in total. The summed E-state index contributed by atoms with van der Waals surface area (Å²) in [5.74, 6) is -0.969. The van der Waals surface area contributed by atoms with Gasteiger partial charge in [-0.15, -0.1) is 0 Å². The quantitative estimate of drug-likeness (QED) is 0.0261. The van der Waals surface area contributed by atoms with E-state index in [0.717, 1.165) is 148 Å². The van der Waals surface area contributed by atoms with Gasteiger partial charge in [-0.05, 0) is 148 Å². The second-order valence-corrected chi connectivity index (χ2v) is 22.0. The average molecular weight is 1150 g/mol. The average Bonchev–Trinajstić information content (AvgIpc) is 3.49. The highest BCUT2D eigenvalue weighted by molar-refractivity contribution is 5.71. The summed E-state index contributed by atoms with van der Waals surface area (Å²) in [7, 11) is 0. The van der Waals surface area contributed by atoms with Gasteiger partial charge in [0, 0.05) is 19.3 Å². The zero-order valence-corrected chi connectivity index (χ0v) is 53.7. The minimum Gasteiger partial charge on any atom is -0.462 e. The van der Waals surface area contributed by atoms with Gasteiger partial charge in [-0.1, -0.05) is 281 Å². The molecule has 0 spiro atoms. The Morgan fingerprint density at radius 3 is 0.807 bits per heavy atom. The van der Waals surface area contributed by atoms with Crippen molar-refractivity contribution in [3.8, 4) is 0 Å². The second kappa shape index (κ2) is 69.5. The van der Waals surface area contributed by atoms with Crippen LogP contribution in [0.4, 0.5) is 0 Å². The van der Waals surface area contributed by atoms with Crippen LogP contribution in [-0.4, -0.2) is 37.2 Å². The van der Waals surface area contributed by atoms with Crippen molar-refractivity contribution in [3.05, 3.63) is 158 Å². The number of ether oxygens (including phenoxy) is 3. The van der Waals surface area contributed by atoms with E-state index in [1.165, 1.54) is 96.3 Å². The lowest BCUT2D eigenvalue weighted by Crippen LogP contribution is -2.30. The first-order valence-corrected chi connectivity index (χ1v) is 34.0. The van der Waals surface area contributed by atoms with Gasteiger partial charge in [-0.3, -0.25) is 14.4 Å². The van der Waals surface area contributed by atoms with Gasteiger partial charge in [0.25, 0.3) is 0 Å². The lowest BCUT2D eigenvalue weighted by molar-refractivity contribution is -0.167. The lowest BCUT2D eigenvalue weighted by atomic mass is 10.0. The molecule has 468 valence electrons. The molecule has 0 aliphatic carbocycles. The van der Waals surface area contributed by atoms with Gasteiger partial charge in [0.05, 0.1) is 0 Å². The molecule has 83 heavy (non-hydrogen) atoms. The maximum atomic E-state index is 12.9. The molecule has 0 heterocycles. The highest BCUT2D eigenvalue weighted by atomic mass is 16.6. The highest BCUT2D eigenvalue weighted by Crippen LogP contribution is 2.15. The molecule has 1 unspecified atom stereocenters. The molecule has 0 aromatic carbocycles. The Kier molecular flexibility index (Phi) is 65.4. The van der Waals surface area contributed by atoms with E-state index in [1.54, 1.807) is 0 Å². The summed E-state index contributed by atoms with van der Waals surface area (Å²) in [5, 5.41) is 0. The molecule has 0 aliphatic rings. The Labute approximate surface area is 511 Å². The largest absolute Gasteiger partial charge is 0.462 e. The molecule has 0 saturated carbocycles. The van der Waals surface area contributed by atoms with Crippen molar-refractivity contribution in [2.24, 2.45) is 0 Å². The molecule has 0 amide bonds. The molecule has 0 N–H and O–H groups in total. The van der Waals surface area contributed by atoms with Crippen molar-refractivity contribution in [3.63, 3.8) is 0 Å². The van der Waals surface area contributed by atoms with Gasteiger partial charge in [0.1, 0.15) is 13.2 Å². The van der Waals surface area contributed by atoms with Gasteiger partial charge >= 0.3 is 17.9 Å². The summed E-state index contributed by atoms with van der Waals surface area (Å²) in [5.41, 5.74) is 0. The summed E-state index contributed by atoms with van der Waals surface area (Å²) in [6.07, 6.45) is 101. The molecule has 1 atom stereocenters. The van der Waals surface area contributed by atoms with Crippen molar-refractivity contribution in [2.45, 2.75) is 297 Å². The molecule has 0 fully saturated rings. The minimum atomic E-state index is -0.814. The number of esters is 3. The topological polar surface area (TPSA) is 78.9 Å². The summed E-state index contributed by atoms with van der Waals surface area (Å²) in [6, 6.07) is 0. The summed E-state index contributed by atoms with van der Waals surface area (Å²) in [4.78, 5) is 38.4. The number of carbonyl (C=O) groups is 3. The van der Waals surface area contributed by atoms with E-state index in [2.05, 4.69) is 179 Å². The predicted octanol–water partition coefficient (Wildman–Crippen LogP) is 23.7. The third-order valence-electron chi connectivity index (χ3n) is 14.0. The number of rotatable bonds is 60. The van der Waals surface area contributed by atoms with E-state index in [-0.39, 0.29) is 31.1 Å². The van der Waals surface area contributed by atoms with E-state index in [1.807, 2.05) is 0 Å². The third kappa shape index (κ3) is 67.7. The lowest BCUT2D eigenvalue weighted by Gasteiger charge is -2.18. The van der Waals surface area contributed by atoms with Crippen LogP contribution < -0.4 is 0 Å². The zero-order chi connectivity index (χ0) is 59.9. The molecular weight excluding hydrogens is 1020 g/mol. The number of allylic oxidation sites excluding steroid dienone is 26. The number of hydrogen-bond donors (Lipinski definition) is 0. The smallest absolute Gasteiger partial charge is 0.306 e. The molecule has 0 aromatic rings. The van der Waals surface area contributed by atoms with Gasteiger partial charge in [-0.2, -0.15) is 0 Å². The Bertz CT molecular complexity index is 1840. The second-order valence-electron chi connectivity index (χ2n) is 22.0. The van der Waals surface area contributed by atoms with Crippen molar-refractivity contribution >= 4 is 17.9 Å². The minimum absolute atomic E-state index is 0.107.